The fourth-order valence-corrected chi connectivity index (χ4v) is 4.92. The van der Waals surface area contributed by atoms with Crippen molar-refractivity contribution < 1.29 is 13.2 Å². The molecule has 2 aromatic rings. The number of hydrogen-bond acceptors (Lipinski definition) is 4. The topological polar surface area (TPSA) is 55.4 Å². The molecule has 136 valence electrons. The maximum Gasteiger partial charge on any atom is 0.242 e. The summed E-state index contributed by atoms with van der Waals surface area (Å²) in [5, 5.41) is 0.711. The molecule has 2 rings (SSSR count). The molecule has 0 saturated heterocycles. The SMILES string of the molecule is COc1ccc(S(=O)(=O)NCCSCc2ccc(Cl)cc2)c(Cl)c1Cl. The number of benzene rings is 2. The smallest absolute Gasteiger partial charge is 0.242 e. The lowest BCUT2D eigenvalue weighted by Gasteiger charge is -2.11. The van der Waals surface area contributed by atoms with Crippen LogP contribution in [0.2, 0.25) is 15.1 Å². The van der Waals surface area contributed by atoms with E-state index in [9.17, 15) is 8.42 Å². The molecule has 0 aliphatic rings. The van der Waals surface area contributed by atoms with E-state index in [4.69, 9.17) is 39.5 Å². The Labute approximate surface area is 166 Å². The van der Waals surface area contributed by atoms with E-state index in [1.54, 1.807) is 11.8 Å². The van der Waals surface area contributed by atoms with Gasteiger partial charge >= 0.3 is 0 Å². The molecule has 0 saturated carbocycles. The first kappa shape index (κ1) is 20.7. The van der Waals surface area contributed by atoms with Gasteiger partial charge < -0.3 is 4.74 Å². The first-order valence-electron chi connectivity index (χ1n) is 7.19. The van der Waals surface area contributed by atoms with Gasteiger partial charge in [0.2, 0.25) is 10.0 Å². The van der Waals surface area contributed by atoms with Gasteiger partial charge in [-0.15, -0.1) is 0 Å². The fraction of sp³-hybridized carbons (Fsp3) is 0.250. The molecule has 2 aromatic carbocycles. The van der Waals surface area contributed by atoms with Crippen molar-refractivity contribution in [2.45, 2.75) is 10.6 Å². The summed E-state index contributed by atoms with van der Waals surface area (Å²) < 4.78 is 32.2. The number of methoxy groups -OCH3 is 1. The summed E-state index contributed by atoms with van der Waals surface area (Å²) in [6.07, 6.45) is 0. The van der Waals surface area contributed by atoms with Crippen molar-refractivity contribution in [1.29, 1.82) is 0 Å². The van der Waals surface area contributed by atoms with Crippen LogP contribution in [0, 0.1) is 0 Å². The molecule has 9 heteroatoms. The minimum atomic E-state index is -3.74. The van der Waals surface area contributed by atoms with Gasteiger partial charge in [-0.2, -0.15) is 11.8 Å². The second-order valence-corrected chi connectivity index (χ2v) is 9.00. The molecule has 0 aliphatic heterocycles. The van der Waals surface area contributed by atoms with E-state index >= 15 is 0 Å². The van der Waals surface area contributed by atoms with Crippen LogP contribution in [0.1, 0.15) is 5.56 Å². The van der Waals surface area contributed by atoms with E-state index in [0.29, 0.717) is 16.5 Å². The molecule has 0 spiro atoms. The third-order valence-electron chi connectivity index (χ3n) is 3.24. The van der Waals surface area contributed by atoms with Crippen LogP contribution in [0.3, 0.4) is 0 Å². The van der Waals surface area contributed by atoms with Gasteiger partial charge in [0, 0.05) is 23.1 Å². The molecule has 0 fully saturated rings. The summed E-state index contributed by atoms with van der Waals surface area (Å²) in [6.45, 7) is 0.278. The van der Waals surface area contributed by atoms with Crippen molar-refractivity contribution >= 4 is 56.6 Å². The first-order valence-corrected chi connectivity index (χ1v) is 11.0. The lowest BCUT2D eigenvalue weighted by atomic mass is 10.2. The molecule has 0 aromatic heterocycles. The number of ether oxygens (including phenoxy) is 1. The molecule has 1 N–H and O–H groups in total. The van der Waals surface area contributed by atoms with Gasteiger partial charge in [-0.3, -0.25) is 0 Å². The number of hydrogen-bond donors (Lipinski definition) is 1. The molecule has 0 heterocycles. The molecule has 0 aliphatic carbocycles. The lowest BCUT2D eigenvalue weighted by molar-refractivity contribution is 0.414. The zero-order valence-electron chi connectivity index (χ0n) is 13.3. The summed E-state index contributed by atoms with van der Waals surface area (Å²) in [5.74, 6) is 1.71. The Morgan fingerprint density at radius 3 is 2.36 bits per heavy atom. The molecule has 0 atom stereocenters. The van der Waals surface area contributed by atoms with Gasteiger partial charge in [0.15, 0.2) is 0 Å². The van der Waals surface area contributed by atoms with Crippen molar-refractivity contribution in [3.05, 3.63) is 57.0 Å². The first-order chi connectivity index (χ1) is 11.8. The highest BCUT2D eigenvalue weighted by molar-refractivity contribution is 7.98. The van der Waals surface area contributed by atoms with Gasteiger partial charge in [-0.25, -0.2) is 13.1 Å². The van der Waals surface area contributed by atoms with Crippen molar-refractivity contribution in [2.24, 2.45) is 0 Å². The van der Waals surface area contributed by atoms with Crippen LogP contribution in [0.15, 0.2) is 41.3 Å². The van der Waals surface area contributed by atoms with Crippen LogP contribution in [0.25, 0.3) is 0 Å². The van der Waals surface area contributed by atoms with E-state index in [-0.39, 0.29) is 21.5 Å². The highest BCUT2D eigenvalue weighted by Gasteiger charge is 2.21. The summed E-state index contributed by atoms with van der Waals surface area (Å²) in [4.78, 5) is -0.0670. The average Bonchev–Trinajstić information content (AvgIpc) is 2.58. The maximum atomic E-state index is 12.4. The quantitative estimate of drug-likeness (QED) is 0.595. The van der Waals surface area contributed by atoms with E-state index in [0.717, 1.165) is 11.3 Å². The van der Waals surface area contributed by atoms with E-state index in [2.05, 4.69) is 4.72 Å². The van der Waals surface area contributed by atoms with E-state index < -0.39 is 10.0 Å². The van der Waals surface area contributed by atoms with Crippen LogP contribution in [-0.4, -0.2) is 27.8 Å². The lowest BCUT2D eigenvalue weighted by Crippen LogP contribution is -2.26. The van der Waals surface area contributed by atoms with Crippen molar-refractivity contribution in [3.63, 3.8) is 0 Å². The van der Waals surface area contributed by atoms with E-state index in [1.165, 1.54) is 19.2 Å². The van der Waals surface area contributed by atoms with Crippen LogP contribution in [0.4, 0.5) is 0 Å². The van der Waals surface area contributed by atoms with Crippen molar-refractivity contribution in [3.8, 4) is 5.75 Å². The Bertz CT molecular complexity index is 827. The number of thioether (sulfide) groups is 1. The van der Waals surface area contributed by atoms with Crippen molar-refractivity contribution in [2.75, 3.05) is 19.4 Å². The fourth-order valence-electron chi connectivity index (χ4n) is 1.98. The number of rotatable bonds is 8. The highest BCUT2D eigenvalue weighted by Crippen LogP contribution is 2.36. The second-order valence-electron chi connectivity index (χ2n) is 4.97. The Morgan fingerprint density at radius 1 is 1.04 bits per heavy atom. The van der Waals surface area contributed by atoms with Gasteiger partial charge in [0.05, 0.1) is 12.1 Å². The van der Waals surface area contributed by atoms with Crippen LogP contribution in [-0.2, 0) is 15.8 Å². The second kappa shape index (κ2) is 9.35. The average molecular weight is 441 g/mol. The molecule has 0 radical (unpaired) electrons. The predicted octanol–water partition coefficient (Wildman–Crippen LogP) is 4.87. The summed E-state index contributed by atoms with van der Waals surface area (Å²) in [7, 11) is -2.31. The standard InChI is InChI=1S/C16H16Cl3NO3S2/c1-23-13-6-7-14(16(19)15(13)18)25(21,22)20-8-9-24-10-11-2-4-12(17)5-3-11/h2-7,20H,8-10H2,1H3. The summed E-state index contributed by atoms with van der Waals surface area (Å²) in [6, 6.07) is 10.4. The zero-order valence-corrected chi connectivity index (χ0v) is 17.2. The summed E-state index contributed by atoms with van der Waals surface area (Å²) in [5.41, 5.74) is 1.13. The molecule has 0 unspecified atom stereocenters. The van der Waals surface area contributed by atoms with Crippen LogP contribution >= 0.6 is 46.6 Å². The highest BCUT2D eigenvalue weighted by atomic mass is 35.5. The number of sulfonamides is 1. The van der Waals surface area contributed by atoms with E-state index in [1.807, 2.05) is 24.3 Å². The molecule has 25 heavy (non-hydrogen) atoms. The Hall–Kier alpha value is -0.630. The van der Waals surface area contributed by atoms with Gasteiger partial charge in [0.25, 0.3) is 0 Å². The molecule has 4 nitrogen and oxygen atoms in total. The molecular formula is C16H16Cl3NO3S2. The largest absolute Gasteiger partial charge is 0.495 e. The Balaban J connectivity index is 1.89. The van der Waals surface area contributed by atoms with Crippen molar-refractivity contribution in [1.82, 2.24) is 4.72 Å². The normalized spacial score (nSPS) is 11.5. The Kier molecular flexibility index (Phi) is 7.73. The van der Waals surface area contributed by atoms with Gasteiger partial charge in [-0.05, 0) is 29.8 Å². The summed E-state index contributed by atoms with van der Waals surface area (Å²) >= 11 is 19.5. The third kappa shape index (κ3) is 5.67. The number of nitrogens with one attached hydrogen (secondary N) is 1. The molecule has 0 amide bonds. The minimum absolute atomic E-state index is 0.0534. The van der Waals surface area contributed by atoms with Crippen LogP contribution < -0.4 is 9.46 Å². The predicted molar refractivity (Wildman–Crippen MR) is 106 cm³/mol. The number of halogens is 3. The molecular weight excluding hydrogens is 425 g/mol. The minimum Gasteiger partial charge on any atom is -0.495 e. The monoisotopic (exact) mass is 439 g/mol. The maximum absolute atomic E-state index is 12.4. The Morgan fingerprint density at radius 2 is 1.72 bits per heavy atom. The third-order valence-corrected chi connectivity index (χ3v) is 7.00. The van der Waals surface area contributed by atoms with Gasteiger partial charge in [-0.1, -0.05) is 46.9 Å². The molecule has 0 bridgehead atoms. The van der Waals surface area contributed by atoms with Crippen LogP contribution in [0.5, 0.6) is 5.75 Å². The van der Waals surface area contributed by atoms with Gasteiger partial charge in [0.1, 0.15) is 15.7 Å². The zero-order chi connectivity index (χ0) is 18.4.